The summed E-state index contributed by atoms with van der Waals surface area (Å²) in [7, 11) is 1.71. The molecular weight excluding hydrogens is 571 g/mol. The maximum Gasteiger partial charge on any atom is 0.299 e. The molecule has 234 valence electrons. The number of pyridine rings is 1. The lowest BCUT2D eigenvalue weighted by Gasteiger charge is -2.63. The van der Waals surface area contributed by atoms with E-state index < -0.39 is 0 Å². The van der Waals surface area contributed by atoms with Crippen LogP contribution in [0.2, 0.25) is 0 Å². The van der Waals surface area contributed by atoms with Gasteiger partial charge in [0.15, 0.2) is 23.8 Å². The minimum absolute atomic E-state index is 0.198. The smallest absolute Gasteiger partial charge is 0.299 e. The van der Waals surface area contributed by atoms with Crippen molar-refractivity contribution < 1.29 is 18.3 Å². The number of ether oxygens (including phenoxy) is 1. The number of aryl methyl sites for hydroxylation is 1. The Balaban J connectivity index is 1.40. The number of aromatic nitrogens is 4. The van der Waals surface area contributed by atoms with Gasteiger partial charge in [0.05, 0.1) is 18.0 Å². The van der Waals surface area contributed by atoms with Crippen molar-refractivity contribution in [3.63, 3.8) is 0 Å². The third-order valence-electron chi connectivity index (χ3n) is 11.4. The predicted octanol–water partition coefficient (Wildman–Crippen LogP) is 8.12. The molecule has 3 aromatic carbocycles. The molecule has 0 bridgehead atoms. The van der Waals surface area contributed by atoms with Crippen molar-refractivity contribution >= 4 is 27.6 Å². The van der Waals surface area contributed by atoms with Crippen LogP contribution in [0, 0.1) is 18.7 Å². The number of halogens is 1. The number of hydrogen-bond donors (Lipinski definition) is 0. The first-order chi connectivity index (χ1) is 22.1. The van der Waals surface area contributed by atoms with Crippen molar-refractivity contribution in [3.05, 3.63) is 102 Å². The van der Waals surface area contributed by atoms with E-state index in [1.807, 2.05) is 12.1 Å². The van der Waals surface area contributed by atoms with Crippen molar-refractivity contribution in [2.45, 2.75) is 83.7 Å². The van der Waals surface area contributed by atoms with Crippen molar-refractivity contribution in [3.8, 4) is 17.0 Å². The summed E-state index contributed by atoms with van der Waals surface area (Å²) in [5.74, 6) is 1.92. The molecule has 1 fully saturated rings. The summed E-state index contributed by atoms with van der Waals surface area (Å²) >= 11 is 0. The minimum Gasteiger partial charge on any atom is -0.497 e. The molecule has 1 saturated carbocycles. The van der Waals surface area contributed by atoms with Crippen LogP contribution in [0.1, 0.15) is 70.8 Å². The molecule has 0 N–H and O–H groups in total. The van der Waals surface area contributed by atoms with E-state index in [1.165, 1.54) is 27.9 Å². The highest BCUT2D eigenvalue weighted by molar-refractivity contribution is 5.98. The van der Waals surface area contributed by atoms with E-state index in [-0.39, 0.29) is 22.2 Å². The summed E-state index contributed by atoms with van der Waals surface area (Å²) in [4.78, 5) is 5.27. The number of imidazole rings is 1. The van der Waals surface area contributed by atoms with Gasteiger partial charge < -0.3 is 4.74 Å². The number of nitrogens with zero attached hydrogens (tertiary/aromatic N) is 4. The summed E-state index contributed by atoms with van der Waals surface area (Å²) in [5.41, 5.74) is 8.31. The number of benzene rings is 3. The van der Waals surface area contributed by atoms with Crippen LogP contribution in [-0.2, 0) is 22.9 Å². The standard InChI is InChI=1S/C40H43FN4O/c1-8-39-23-26(24-43-19-13-12-14-32(43)29-18-17-28(46-7)20-25(29)3)40(39,9-2)30-21-27(41)22-31-35(30)36-44(37(42-31)38(4,5)6)33-15-10-11-16-34(33)45(36)39/h10-22,26H,8-9,23-24H2,1-7H3/q+2. The van der Waals surface area contributed by atoms with Crippen LogP contribution < -0.4 is 13.9 Å². The van der Waals surface area contributed by atoms with E-state index in [4.69, 9.17) is 9.72 Å². The fraction of sp³-hybridized carbons (Fsp3) is 0.375. The van der Waals surface area contributed by atoms with Crippen LogP contribution in [0.3, 0.4) is 0 Å². The summed E-state index contributed by atoms with van der Waals surface area (Å²) < 4.78 is 28.9. The Morgan fingerprint density at radius 3 is 2.50 bits per heavy atom. The highest BCUT2D eigenvalue weighted by atomic mass is 19.1. The minimum atomic E-state index is -0.273. The van der Waals surface area contributed by atoms with E-state index in [9.17, 15) is 0 Å². The van der Waals surface area contributed by atoms with Crippen LogP contribution in [-0.4, -0.2) is 16.5 Å². The SMILES string of the molecule is CCC12c3cc(F)cc4nc(C(C)(C)C)n5c6ccccc6[n+](c5c34)C1(CC)CC2C[n+]1ccccc1-c1ccc(OC)cc1C. The third-order valence-corrected chi connectivity index (χ3v) is 11.4. The van der Waals surface area contributed by atoms with Crippen LogP contribution in [0.4, 0.5) is 4.39 Å². The molecule has 46 heavy (non-hydrogen) atoms. The molecule has 0 amide bonds. The molecule has 0 spiro atoms. The predicted molar refractivity (Wildman–Crippen MR) is 181 cm³/mol. The van der Waals surface area contributed by atoms with Gasteiger partial charge in [0.2, 0.25) is 11.5 Å². The van der Waals surface area contributed by atoms with Gasteiger partial charge in [0, 0.05) is 46.9 Å². The number of hydrogen-bond acceptors (Lipinski definition) is 2. The maximum absolute atomic E-state index is 15.9. The van der Waals surface area contributed by atoms with Crippen LogP contribution in [0.5, 0.6) is 5.75 Å². The van der Waals surface area contributed by atoms with Gasteiger partial charge in [-0.05, 0) is 73.4 Å². The Kier molecular flexibility index (Phi) is 6.23. The second-order valence-electron chi connectivity index (χ2n) is 14.5. The molecule has 6 aromatic rings. The molecular formula is C40H43FN4O+2. The zero-order valence-electron chi connectivity index (χ0n) is 28.0. The fourth-order valence-electron chi connectivity index (χ4n) is 9.57. The second-order valence-corrected chi connectivity index (χ2v) is 14.5. The van der Waals surface area contributed by atoms with Crippen molar-refractivity contribution in [2.24, 2.45) is 5.92 Å². The normalized spacial score (nSPS) is 22.0. The molecule has 5 nitrogen and oxygen atoms in total. The molecule has 3 atom stereocenters. The van der Waals surface area contributed by atoms with Gasteiger partial charge in [-0.3, -0.25) is 0 Å². The van der Waals surface area contributed by atoms with Gasteiger partial charge in [0.25, 0.3) is 5.65 Å². The quantitative estimate of drug-likeness (QED) is 0.178. The lowest BCUT2D eigenvalue weighted by molar-refractivity contribution is -0.768. The number of fused-ring (bicyclic) bond motifs is 6. The molecule has 0 radical (unpaired) electrons. The van der Waals surface area contributed by atoms with E-state index in [2.05, 4.69) is 116 Å². The maximum atomic E-state index is 15.9. The average Bonchev–Trinajstić information content (AvgIpc) is 3.37. The number of rotatable bonds is 6. The first-order valence-corrected chi connectivity index (χ1v) is 16.7. The Morgan fingerprint density at radius 2 is 1.78 bits per heavy atom. The van der Waals surface area contributed by atoms with E-state index in [1.54, 1.807) is 13.2 Å². The summed E-state index contributed by atoms with van der Waals surface area (Å²) in [6.07, 6.45) is 5.09. The van der Waals surface area contributed by atoms with Crippen LogP contribution in [0.25, 0.3) is 38.8 Å². The molecule has 3 unspecified atom stereocenters. The monoisotopic (exact) mass is 614 g/mol. The largest absolute Gasteiger partial charge is 0.497 e. The highest BCUT2D eigenvalue weighted by Crippen LogP contribution is 2.65. The first-order valence-electron chi connectivity index (χ1n) is 16.7. The molecule has 4 heterocycles. The molecule has 2 aliphatic rings. The van der Waals surface area contributed by atoms with E-state index in [0.29, 0.717) is 5.92 Å². The Morgan fingerprint density at radius 1 is 1.00 bits per heavy atom. The lowest BCUT2D eigenvalue weighted by atomic mass is 9.42. The van der Waals surface area contributed by atoms with E-state index in [0.717, 1.165) is 59.5 Å². The molecule has 8 rings (SSSR count). The molecule has 1 aliphatic carbocycles. The van der Waals surface area contributed by atoms with E-state index >= 15 is 4.39 Å². The van der Waals surface area contributed by atoms with Crippen molar-refractivity contribution in [2.75, 3.05) is 7.11 Å². The van der Waals surface area contributed by atoms with Crippen molar-refractivity contribution in [1.82, 2.24) is 9.38 Å². The zero-order chi connectivity index (χ0) is 32.2. The first kappa shape index (κ1) is 29.1. The Labute approximate surface area is 270 Å². The molecule has 3 aromatic heterocycles. The molecule has 6 heteroatoms. The van der Waals surface area contributed by atoms with Gasteiger partial charge in [-0.2, -0.15) is 8.97 Å². The van der Waals surface area contributed by atoms with Crippen molar-refractivity contribution in [1.29, 1.82) is 0 Å². The summed E-state index contributed by atoms with van der Waals surface area (Å²) in [5, 5.41) is 1.10. The fourth-order valence-corrected chi connectivity index (χ4v) is 9.57. The topological polar surface area (TPSA) is 34.3 Å². The van der Waals surface area contributed by atoms with Gasteiger partial charge >= 0.3 is 0 Å². The highest BCUT2D eigenvalue weighted by Gasteiger charge is 2.72. The Bertz CT molecular complexity index is 2210. The van der Waals surface area contributed by atoms with Gasteiger partial charge in [-0.1, -0.05) is 46.8 Å². The molecule has 0 saturated heterocycles. The number of methoxy groups -OCH3 is 1. The number of para-hydroxylation sites is 2. The summed E-state index contributed by atoms with van der Waals surface area (Å²) in [6, 6.07) is 25.1. The second kappa shape index (κ2) is 9.84. The van der Waals surface area contributed by atoms with Gasteiger partial charge in [0.1, 0.15) is 17.1 Å². The van der Waals surface area contributed by atoms with Gasteiger partial charge in [-0.15, -0.1) is 0 Å². The third kappa shape index (κ3) is 3.59. The molecule has 1 aliphatic heterocycles. The Hall–Kier alpha value is -4.32. The van der Waals surface area contributed by atoms with Crippen LogP contribution in [0.15, 0.2) is 79.0 Å². The zero-order valence-corrected chi connectivity index (χ0v) is 28.0. The lowest BCUT2D eigenvalue weighted by Crippen LogP contribution is -2.79. The summed E-state index contributed by atoms with van der Waals surface area (Å²) in [6.45, 7) is 14.3. The van der Waals surface area contributed by atoms with Gasteiger partial charge in [-0.25, -0.2) is 13.9 Å². The average molecular weight is 615 g/mol. The van der Waals surface area contributed by atoms with Crippen LogP contribution >= 0.6 is 0 Å².